The summed E-state index contributed by atoms with van der Waals surface area (Å²) >= 11 is 1.78. The van der Waals surface area contributed by atoms with E-state index in [4.69, 9.17) is 0 Å². The van der Waals surface area contributed by atoms with Crippen LogP contribution in [0.25, 0.3) is 0 Å². The topological polar surface area (TPSA) is 82.6 Å². The van der Waals surface area contributed by atoms with Gasteiger partial charge in [0.05, 0.1) is 12.8 Å². The van der Waals surface area contributed by atoms with Gasteiger partial charge in [-0.3, -0.25) is 4.99 Å². The first-order chi connectivity index (χ1) is 9.44. The first-order valence-electron chi connectivity index (χ1n) is 6.41. The van der Waals surface area contributed by atoms with Crippen LogP contribution in [-0.2, 0) is 23.0 Å². The molecule has 0 aromatic carbocycles. The molecule has 0 amide bonds. The van der Waals surface area contributed by atoms with E-state index in [9.17, 15) is 8.42 Å². The molecule has 0 bridgehead atoms. The highest BCUT2D eigenvalue weighted by Gasteiger charge is 2.02. The summed E-state index contributed by atoms with van der Waals surface area (Å²) in [5.74, 6) is 0.659. The van der Waals surface area contributed by atoms with Gasteiger partial charge in [-0.05, 0) is 18.6 Å². The van der Waals surface area contributed by atoms with Gasteiger partial charge in [0.2, 0.25) is 10.0 Å². The van der Waals surface area contributed by atoms with Crippen LogP contribution in [0.1, 0.15) is 16.7 Å². The van der Waals surface area contributed by atoms with Crippen LogP contribution in [0.15, 0.2) is 17.1 Å². The van der Waals surface area contributed by atoms with Gasteiger partial charge in [0.1, 0.15) is 0 Å². The predicted molar refractivity (Wildman–Crippen MR) is 100 cm³/mol. The van der Waals surface area contributed by atoms with Crippen LogP contribution in [-0.4, -0.2) is 40.8 Å². The van der Waals surface area contributed by atoms with Crippen molar-refractivity contribution in [1.82, 2.24) is 15.4 Å². The fraction of sp³-hybridized carbons (Fsp3) is 0.583. The summed E-state index contributed by atoms with van der Waals surface area (Å²) in [5.41, 5.74) is 0. The van der Waals surface area contributed by atoms with Crippen LogP contribution < -0.4 is 15.4 Å². The lowest BCUT2D eigenvalue weighted by Gasteiger charge is -2.11. The lowest BCUT2D eigenvalue weighted by Crippen LogP contribution is -2.40. The van der Waals surface area contributed by atoms with Gasteiger partial charge in [-0.2, -0.15) is 0 Å². The van der Waals surface area contributed by atoms with Crippen LogP contribution in [0.5, 0.6) is 0 Å². The Morgan fingerprint density at radius 3 is 2.43 bits per heavy atom. The van der Waals surface area contributed by atoms with E-state index >= 15 is 0 Å². The monoisotopic (exact) mass is 446 g/mol. The number of thiophene rings is 1. The Morgan fingerprint density at radius 1 is 1.24 bits per heavy atom. The van der Waals surface area contributed by atoms with Crippen molar-refractivity contribution in [2.24, 2.45) is 4.99 Å². The minimum atomic E-state index is -3.13. The SMILES string of the molecule is CCc1ccc(CNC(=NC)NCCNS(C)(=O)=O)s1.I. The van der Waals surface area contributed by atoms with E-state index in [1.165, 1.54) is 9.75 Å². The van der Waals surface area contributed by atoms with Gasteiger partial charge < -0.3 is 10.6 Å². The van der Waals surface area contributed by atoms with Crippen LogP contribution in [0, 0.1) is 0 Å². The summed E-state index contributed by atoms with van der Waals surface area (Å²) in [5, 5.41) is 6.24. The van der Waals surface area contributed by atoms with Crippen molar-refractivity contribution in [2.45, 2.75) is 19.9 Å². The number of hydrogen-bond acceptors (Lipinski definition) is 4. The van der Waals surface area contributed by atoms with Crippen molar-refractivity contribution in [3.63, 3.8) is 0 Å². The van der Waals surface area contributed by atoms with Crippen molar-refractivity contribution in [3.05, 3.63) is 21.9 Å². The highest BCUT2D eigenvalue weighted by Crippen LogP contribution is 2.16. The number of aliphatic imine (C=N–C) groups is 1. The molecule has 6 nitrogen and oxygen atoms in total. The third-order valence-corrected chi connectivity index (χ3v) is 4.46. The van der Waals surface area contributed by atoms with Gasteiger partial charge in [0.15, 0.2) is 5.96 Å². The molecule has 0 radical (unpaired) electrons. The second kappa shape index (κ2) is 10.4. The van der Waals surface area contributed by atoms with E-state index < -0.39 is 10.0 Å². The molecule has 21 heavy (non-hydrogen) atoms. The minimum absolute atomic E-state index is 0. The van der Waals surface area contributed by atoms with Crippen molar-refractivity contribution in [3.8, 4) is 0 Å². The van der Waals surface area contributed by atoms with Gasteiger partial charge >= 0.3 is 0 Å². The number of nitrogens with one attached hydrogen (secondary N) is 3. The van der Waals surface area contributed by atoms with Crippen molar-refractivity contribution in [1.29, 1.82) is 0 Å². The van der Waals surface area contributed by atoms with E-state index in [1.54, 1.807) is 18.4 Å². The number of halogens is 1. The highest BCUT2D eigenvalue weighted by molar-refractivity contribution is 14.0. The fourth-order valence-electron chi connectivity index (χ4n) is 1.52. The van der Waals surface area contributed by atoms with Gasteiger partial charge in [-0.25, -0.2) is 13.1 Å². The highest BCUT2D eigenvalue weighted by atomic mass is 127. The Morgan fingerprint density at radius 2 is 1.90 bits per heavy atom. The lowest BCUT2D eigenvalue weighted by molar-refractivity contribution is 0.586. The Hall–Kier alpha value is -0.390. The molecule has 0 aliphatic carbocycles. The molecular weight excluding hydrogens is 423 g/mol. The maximum atomic E-state index is 10.9. The van der Waals surface area contributed by atoms with E-state index in [-0.39, 0.29) is 24.0 Å². The summed E-state index contributed by atoms with van der Waals surface area (Å²) in [7, 11) is -1.45. The third kappa shape index (κ3) is 9.27. The van der Waals surface area contributed by atoms with Gasteiger partial charge in [0, 0.05) is 29.9 Å². The standard InChI is InChI=1S/C12H22N4O2S2.HI/c1-4-10-5-6-11(19-10)9-15-12(13-2)14-7-8-16-20(3,17)18;/h5-6,16H,4,7-9H2,1-3H3,(H2,13,14,15);1H. The predicted octanol–water partition coefficient (Wildman–Crippen LogP) is 1.14. The van der Waals surface area contributed by atoms with Crippen LogP contribution in [0.4, 0.5) is 0 Å². The van der Waals surface area contributed by atoms with E-state index in [1.807, 2.05) is 0 Å². The number of sulfonamides is 1. The number of nitrogens with zero attached hydrogens (tertiary/aromatic N) is 1. The van der Waals surface area contributed by atoms with Crippen molar-refractivity contribution in [2.75, 3.05) is 26.4 Å². The lowest BCUT2D eigenvalue weighted by atomic mass is 10.4. The first-order valence-corrected chi connectivity index (χ1v) is 9.12. The number of aryl methyl sites for hydroxylation is 1. The molecule has 0 saturated heterocycles. The molecule has 0 spiro atoms. The molecule has 0 unspecified atom stereocenters. The van der Waals surface area contributed by atoms with Crippen LogP contribution in [0.2, 0.25) is 0 Å². The second-order valence-corrected chi connectivity index (χ2v) is 7.33. The Balaban J connectivity index is 0.00000400. The van der Waals surface area contributed by atoms with E-state index in [2.05, 4.69) is 39.4 Å². The minimum Gasteiger partial charge on any atom is -0.355 e. The zero-order chi connectivity index (χ0) is 15.0. The van der Waals surface area contributed by atoms with Crippen molar-refractivity contribution >= 4 is 51.3 Å². The Bertz CT molecular complexity index is 543. The maximum Gasteiger partial charge on any atom is 0.208 e. The molecule has 0 aliphatic heterocycles. The molecule has 3 N–H and O–H groups in total. The van der Waals surface area contributed by atoms with Gasteiger partial charge in [-0.1, -0.05) is 6.92 Å². The largest absolute Gasteiger partial charge is 0.355 e. The summed E-state index contributed by atoms with van der Waals surface area (Å²) in [4.78, 5) is 6.70. The molecule has 0 aliphatic rings. The molecular formula is C12H23IN4O2S2. The number of hydrogen-bond donors (Lipinski definition) is 3. The Kier molecular flexibility index (Phi) is 10.2. The first kappa shape index (κ1) is 20.6. The van der Waals surface area contributed by atoms with Crippen LogP contribution in [0.3, 0.4) is 0 Å². The van der Waals surface area contributed by atoms with Crippen molar-refractivity contribution < 1.29 is 8.42 Å². The molecule has 1 aromatic heterocycles. The number of guanidine groups is 1. The quantitative estimate of drug-likeness (QED) is 0.254. The molecule has 1 heterocycles. The normalized spacial score (nSPS) is 11.9. The second-order valence-electron chi connectivity index (χ2n) is 4.24. The summed E-state index contributed by atoms with van der Waals surface area (Å²) in [6.45, 7) is 3.66. The molecule has 9 heteroatoms. The number of rotatable bonds is 7. The third-order valence-electron chi connectivity index (χ3n) is 2.50. The average Bonchev–Trinajstić information content (AvgIpc) is 2.84. The van der Waals surface area contributed by atoms with Gasteiger partial charge in [-0.15, -0.1) is 35.3 Å². The molecule has 1 aromatic rings. The van der Waals surface area contributed by atoms with Crippen LogP contribution >= 0.6 is 35.3 Å². The zero-order valence-corrected chi connectivity index (χ0v) is 16.4. The molecule has 122 valence electrons. The van der Waals surface area contributed by atoms with Gasteiger partial charge in [0.25, 0.3) is 0 Å². The fourth-order valence-corrected chi connectivity index (χ4v) is 2.89. The molecule has 0 saturated carbocycles. The molecule has 1 rings (SSSR count). The van der Waals surface area contributed by atoms with E-state index in [0.29, 0.717) is 25.6 Å². The average molecular weight is 446 g/mol. The molecule has 0 fully saturated rings. The summed E-state index contributed by atoms with van der Waals surface area (Å²) < 4.78 is 24.2. The van der Waals surface area contributed by atoms with E-state index in [0.717, 1.165) is 12.7 Å². The maximum absolute atomic E-state index is 10.9. The Labute approximate surface area is 147 Å². The smallest absolute Gasteiger partial charge is 0.208 e. The molecule has 0 atom stereocenters. The zero-order valence-electron chi connectivity index (χ0n) is 12.5. The summed E-state index contributed by atoms with van der Waals surface area (Å²) in [6.07, 6.45) is 2.19. The summed E-state index contributed by atoms with van der Waals surface area (Å²) in [6, 6.07) is 4.24.